The highest BCUT2D eigenvalue weighted by atomic mass is 16.6. The summed E-state index contributed by atoms with van der Waals surface area (Å²) < 4.78 is 5.18. The molecule has 0 aliphatic rings. The molecule has 0 saturated heterocycles. The van der Waals surface area contributed by atoms with Crippen molar-refractivity contribution in [2.75, 3.05) is 6.61 Å². The number of carbonyl (C=O) groups excluding carboxylic acids is 1. The van der Waals surface area contributed by atoms with Crippen molar-refractivity contribution < 1.29 is 19.6 Å². The number of phenols is 1. The molecule has 0 unspecified atom stereocenters. The zero-order chi connectivity index (χ0) is 18.4. The summed E-state index contributed by atoms with van der Waals surface area (Å²) in [6, 6.07) is 9.43. The van der Waals surface area contributed by atoms with E-state index in [4.69, 9.17) is 4.74 Å². The van der Waals surface area contributed by atoms with Gasteiger partial charge in [-0.25, -0.2) is 5.43 Å². The van der Waals surface area contributed by atoms with Crippen molar-refractivity contribution in [2.45, 2.75) is 13.8 Å². The molecule has 0 atom stereocenters. The molecule has 130 valence electrons. The molecule has 0 aliphatic carbocycles. The van der Waals surface area contributed by atoms with Crippen molar-refractivity contribution >= 4 is 17.8 Å². The number of rotatable bonds is 6. The SMILES string of the molecule is Cc1ccc(O)c(C=NNC(=O)COc2ccc(C)cc2[N+](=O)[O-])c1. The van der Waals surface area contributed by atoms with Crippen LogP contribution in [-0.2, 0) is 4.79 Å². The molecule has 0 bridgehead atoms. The van der Waals surface area contributed by atoms with Gasteiger partial charge in [-0.3, -0.25) is 14.9 Å². The molecule has 0 saturated carbocycles. The maximum atomic E-state index is 11.7. The second-order valence-electron chi connectivity index (χ2n) is 5.37. The van der Waals surface area contributed by atoms with Crippen LogP contribution in [0.25, 0.3) is 0 Å². The van der Waals surface area contributed by atoms with Crippen LogP contribution in [0, 0.1) is 24.0 Å². The molecule has 0 aliphatic heterocycles. The summed E-state index contributed by atoms with van der Waals surface area (Å²) in [5.74, 6) is -0.542. The van der Waals surface area contributed by atoms with E-state index in [1.165, 1.54) is 24.4 Å². The number of nitro benzene ring substituents is 1. The van der Waals surface area contributed by atoms with Crippen LogP contribution in [0.15, 0.2) is 41.5 Å². The third kappa shape index (κ3) is 5.03. The largest absolute Gasteiger partial charge is 0.507 e. The lowest BCUT2D eigenvalue weighted by Gasteiger charge is -2.06. The first-order chi connectivity index (χ1) is 11.9. The van der Waals surface area contributed by atoms with Crippen LogP contribution in [0.2, 0.25) is 0 Å². The molecule has 2 aromatic rings. The number of hydrazone groups is 1. The summed E-state index contributed by atoms with van der Waals surface area (Å²) in [6.07, 6.45) is 1.30. The fourth-order valence-corrected chi connectivity index (χ4v) is 2.02. The van der Waals surface area contributed by atoms with Crippen LogP contribution in [0.5, 0.6) is 11.5 Å². The molecule has 25 heavy (non-hydrogen) atoms. The predicted octanol–water partition coefficient (Wildman–Crippen LogP) is 2.45. The van der Waals surface area contributed by atoms with Gasteiger partial charge in [-0.15, -0.1) is 0 Å². The highest BCUT2D eigenvalue weighted by Gasteiger charge is 2.16. The summed E-state index contributed by atoms with van der Waals surface area (Å²) in [7, 11) is 0. The Morgan fingerprint density at radius 3 is 2.68 bits per heavy atom. The van der Waals surface area contributed by atoms with E-state index in [9.17, 15) is 20.0 Å². The van der Waals surface area contributed by atoms with Gasteiger partial charge in [0.1, 0.15) is 5.75 Å². The lowest BCUT2D eigenvalue weighted by atomic mass is 10.1. The van der Waals surface area contributed by atoms with Gasteiger partial charge in [0.05, 0.1) is 11.1 Å². The summed E-state index contributed by atoms with van der Waals surface area (Å²) in [6.45, 7) is 3.15. The van der Waals surface area contributed by atoms with E-state index in [-0.39, 0.29) is 17.2 Å². The Morgan fingerprint density at radius 1 is 1.28 bits per heavy atom. The van der Waals surface area contributed by atoms with E-state index < -0.39 is 17.4 Å². The van der Waals surface area contributed by atoms with Crippen LogP contribution in [0.3, 0.4) is 0 Å². The van der Waals surface area contributed by atoms with Crippen molar-refractivity contribution in [2.24, 2.45) is 5.10 Å². The van der Waals surface area contributed by atoms with Crippen molar-refractivity contribution in [3.05, 3.63) is 63.2 Å². The third-order valence-corrected chi connectivity index (χ3v) is 3.25. The van der Waals surface area contributed by atoms with E-state index in [1.807, 2.05) is 6.92 Å². The second-order valence-corrected chi connectivity index (χ2v) is 5.37. The van der Waals surface area contributed by atoms with Gasteiger partial charge in [-0.1, -0.05) is 17.7 Å². The molecule has 0 heterocycles. The smallest absolute Gasteiger partial charge is 0.311 e. The Morgan fingerprint density at radius 2 is 1.96 bits per heavy atom. The van der Waals surface area contributed by atoms with Gasteiger partial charge in [0, 0.05) is 11.6 Å². The van der Waals surface area contributed by atoms with Crippen molar-refractivity contribution in [1.29, 1.82) is 0 Å². The summed E-state index contributed by atoms with van der Waals surface area (Å²) in [5.41, 5.74) is 4.12. The Hall–Kier alpha value is -3.42. The van der Waals surface area contributed by atoms with Crippen LogP contribution < -0.4 is 10.2 Å². The molecule has 2 rings (SSSR count). The maximum Gasteiger partial charge on any atom is 0.311 e. The number of carbonyl (C=O) groups is 1. The zero-order valence-corrected chi connectivity index (χ0v) is 13.7. The third-order valence-electron chi connectivity index (χ3n) is 3.25. The number of nitrogens with one attached hydrogen (secondary N) is 1. The Bertz CT molecular complexity index is 833. The molecular weight excluding hydrogens is 326 g/mol. The van der Waals surface area contributed by atoms with E-state index >= 15 is 0 Å². The zero-order valence-electron chi connectivity index (χ0n) is 13.7. The van der Waals surface area contributed by atoms with Gasteiger partial charge >= 0.3 is 5.69 Å². The lowest BCUT2D eigenvalue weighted by Crippen LogP contribution is -2.24. The molecular formula is C17H17N3O5. The molecule has 2 aromatic carbocycles. The van der Waals surface area contributed by atoms with E-state index in [0.29, 0.717) is 11.1 Å². The maximum absolute atomic E-state index is 11.7. The van der Waals surface area contributed by atoms with Gasteiger partial charge in [0.25, 0.3) is 5.91 Å². The first-order valence-corrected chi connectivity index (χ1v) is 7.36. The minimum Gasteiger partial charge on any atom is -0.507 e. The quantitative estimate of drug-likeness (QED) is 0.475. The number of aryl methyl sites for hydroxylation is 2. The van der Waals surface area contributed by atoms with Crippen LogP contribution in [0.4, 0.5) is 5.69 Å². The Kier molecular flexibility index (Phi) is 5.67. The van der Waals surface area contributed by atoms with Crippen molar-refractivity contribution in [3.8, 4) is 11.5 Å². The highest BCUT2D eigenvalue weighted by molar-refractivity contribution is 5.85. The monoisotopic (exact) mass is 343 g/mol. The average Bonchev–Trinajstić information content (AvgIpc) is 2.56. The van der Waals surface area contributed by atoms with Crippen LogP contribution in [-0.4, -0.2) is 28.8 Å². The van der Waals surface area contributed by atoms with Crippen molar-refractivity contribution in [1.82, 2.24) is 5.43 Å². The molecule has 8 heteroatoms. The summed E-state index contributed by atoms with van der Waals surface area (Å²) in [5, 5.41) is 24.4. The molecule has 2 N–H and O–H groups in total. The van der Waals surface area contributed by atoms with E-state index in [1.54, 1.807) is 25.1 Å². The van der Waals surface area contributed by atoms with Gasteiger partial charge in [0.15, 0.2) is 12.4 Å². The number of hydrogen-bond acceptors (Lipinski definition) is 6. The van der Waals surface area contributed by atoms with E-state index in [0.717, 1.165) is 5.56 Å². The van der Waals surface area contributed by atoms with E-state index in [2.05, 4.69) is 10.5 Å². The predicted molar refractivity (Wildman–Crippen MR) is 91.9 cm³/mol. The minimum atomic E-state index is -0.585. The number of aromatic hydroxyl groups is 1. The second kappa shape index (κ2) is 7.91. The Balaban J connectivity index is 1.94. The number of hydrogen-bond donors (Lipinski definition) is 2. The van der Waals surface area contributed by atoms with Gasteiger partial charge in [-0.2, -0.15) is 5.10 Å². The number of phenolic OH excluding ortho intramolecular Hbond substituents is 1. The first kappa shape index (κ1) is 17.9. The fourth-order valence-electron chi connectivity index (χ4n) is 2.02. The summed E-state index contributed by atoms with van der Waals surface area (Å²) in [4.78, 5) is 22.1. The summed E-state index contributed by atoms with van der Waals surface area (Å²) >= 11 is 0. The number of nitrogens with zero attached hydrogens (tertiary/aromatic N) is 2. The van der Waals surface area contributed by atoms with Gasteiger partial charge < -0.3 is 9.84 Å². The average molecular weight is 343 g/mol. The lowest BCUT2D eigenvalue weighted by molar-refractivity contribution is -0.385. The molecule has 8 nitrogen and oxygen atoms in total. The number of ether oxygens (including phenoxy) is 1. The van der Waals surface area contributed by atoms with Gasteiger partial charge in [-0.05, 0) is 37.6 Å². The molecule has 0 fully saturated rings. The molecule has 0 aromatic heterocycles. The fraction of sp³-hybridized carbons (Fsp3) is 0.176. The molecule has 1 amide bonds. The van der Waals surface area contributed by atoms with Crippen molar-refractivity contribution in [3.63, 3.8) is 0 Å². The van der Waals surface area contributed by atoms with Crippen LogP contribution in [0.1, 0.15) is 16.7 Å². The minimum absolute atomic E-state index is 0.00561. The standard InChI is InChI=1S/C17H17N3O5/c1-11-3-5-15(21)13(7-11)9-18-19-17(22)10-25-16-6-4-12(2)8-14(16)20(23)24/h3-9,21H,10H2,1-2H3,(H,19,22). The van der Waals surface area contributed by atoms with Crippen LogP contribution >= 0.6 is 0 Å². The molecule has 0 radical (unpaired) electrons. The highest BCUT2D eigenvalue weighted by Crippen LogP contribution is 2.27. The topological polar surface area (TPSA) is 114 Å². The Labute approximate surface area is 143 Å². The molecule has 0 spiro atoms. The number of benzene rings is 2. The number of amides is 1. The first-order valence-electron chi connectivity index (χ1n) is 7.36. The normalized spacial score (nSPS) is 10.6. The number of nitro groups is 1. The van der Waals surface area contributed by atoms with Gasteiger partial charge in [0.2, 0.25) is 0 Å².